The summed E-state index contributed by atoms with van der Waals surface area (Å²) in [7, 11) is 0. The van der Waals surface area contributed by atoms with Crippen LogP contribution in [-0.4, -0.2) is 25.7 Å². The van der Waals surface area contributed by atoms with Gasteiger partial charge in [-0.2, -0.15) is 0 Å². The van der Waals surface area contributed by atoms with Crippen LogP contribution in [0.15, 0.2) is 42.7 Å². The van der Waals surface area contributed by atoms with Crippen LogP contribution in [0.4, 0.5) is 4.79 Å². The topological polar surface area (TPSA) is 80.0 Å². The summed E-state index contributed by atoms with van der Waals surface area (Å²) in [6.45, 7) is 6.94. The average Bonchev–Trinajstić information content (AvgIpc) is 2.98. The number of aryl methyl sites for hydroxylation is 1. The van der Waals surface area contributed by atoms with E-state index < -0.39 is 6.09 Å². The van der Waals surface area contributed by atoms with E-state index in [0.29, 0.717) is 12.3 Å². The van der Waals surface area contributed by atoms with E-state index in [1.54, 1.807) is 12.4 Å². The van der Waals surface area contributed by atoms with Crippen LogP contribution >= 0.6 is 0 Å². The number of benzene rings is 1. The first-order valence-electron chi connectivity index (χ1n) is 8.89. The molecule has 6 heteroatoms. The molecular formula is C20H24N4O2. The highest BCUT2D eigenvalue weighted by molar-refractivity contribution is 5.82. The normalized spacial score (nSPS) is 12.5. The van der Waals surface area contributed by atoms with E-state index in [4.69, 9.17) is 4.98 Å². The first-order chi connectivity index (χ1) is 12.5. The van der Waals surface area contributed by atoms with E-state index in [1.807, 2.05) is 18.2 Å². The smallest absolute Gasteiger partial charge is 0.405 e. The summed E-state index contributed by atoms with van der Waals surface area (Å²) in [5.74, 6) is 1.12. The number of amides is 1. The van der Waals surface area contributed by atoms with Crippen LogP contribution in [0.3, 0.4) is 0 Å². The fourth-order valence-corrected chi connectivity index (χ4v) is 3.32. The maximum absolute atomic E-state index is 11.3. The summed E-state index contributed by atoms with van der Waals surface area (Å²) in [6.07, 6.45) is 3.21. The predicted molar refractivity (Wildman–Crippen MR) is 102 cm³/mol. The van der Waals surface area contributed by atoms with E-state index >= 15 is 0 Å². The Morgan fingerprint density at radius 1 is 1.19 bits per heavy atom. The van der Waals surface area contributed by atoms with Gasteiger partial charge in [0.1, 0.15) is 5.82 Å². The molecule has 26 heavy (non-hydrogen) atoms. The minimum Gasteiger partial charge on any atom is -0.465 e. The van der Waals surface area contributed by atoms with Crippen LogP contribution in [0.1, 0.15) is 39.1 Å². The van der Waals surface area contributed by atoms with Crippen LogP contribution in [0.25, 0.3) is 22.2 Å². The number of imidazole rings is 1. The molecule has 6 nitrogen and oxygen atoms in total. The third-order valence-electron chi connectivity index (χ3n) is 4.42. The zero-order valence-electron chi connectivity index (χ0n) is 15.3. The van der Waals surface area contributed by atoms with Gasteiger partial charge in [-0.1, -0.05) is 19.9 Å². The molecule has 1 unspecified atom stereocenters. The Balaban J connectivity index is 2.08. The highest BCUT2D eigenvalue weighted by Crippen LogP contribution is 2.28. The Hall–Kier alpha value is -2.89. The molecule has 0 aliphatic rings. The lowest BCUT2D eigenvalue weighted by Crippen LogP contribution is -2.30. The molecule has 136 valence electrons. The quantitative estimate of drug-likeness (QED) is 0.686. The van der Waals surface area contributed by atoms with Crippen molar-refractivity contribution in [1.82, 2.24) is 19.9 Å². The summed E-state index contributed by atoms with van der Waals surface area (Å²) in [5.41, 5.74) is 4.04. The van der Waals surface area contributed by atoms with E-state index in [1.165, 1.54) is 0 Å². The van der Waals surface area contributed by atoms with E-state index in [0.717, 1.165) is 34.5 Å². The molecule has 1 aromatic carbocycles. The van der Waals surface area contributed by atoms with Gasteiger partial charge in [0.15, 0.2) is 0 Å². The molecule has 2 N–H and O–H groups in total. The number of rotatable bonds is 6. The number of nitrogens with one attached hydrogen (secondary N) is 1. The highest BCUT2D eigenvalue weighted by atomic mass is 16.4. The lowest BCUT2D eigenvalue weighted by Gasteiger charge is -2.19. The van der Waals surface area contributed by atoms with Gasteiger partial charge in [0.2, 0.25) is 0 Å². The van der Waals surface area contributed by atoms with Gasteiger partial charge >= 0.3 is 6.09 Å². The van der Waals surface area contributed by atoms with Gasteiger partial charge in [0.05, 0.1) is 17.1 Å². The number of carbonyl (C=O) groups is 1. The first kappa shape index (κ1) is 17.9. The number of nitrogens with zero attached hydrogens (tertiary/aromatic N) is 3. The van der Waals surface area contributed by atoms with Crippen LogP contribution in [0.2, 0.25) is 0 Å². The molecular weight excluding hydrogens is 328 g/mol. The third-order valence-corrected chi connectivity index (χ3v) is 4.42. The molecule has 0 spiro atoms. The molecule has 0 saturated heterocycles. The van der Waals surface area contributed by atoms with Gasteiger partial charge in [0.25, 0.3) is 0 Å². The lowest BCUT2D eigenvalue weighted by atomic mass is 10.0. The molecule has 2 aromatic heterocycles. The Kier molecular flexibility index (Phi) is 5.21. The summed E-state index contributed by atoms with van der Waals surface area (Å²) >= 11 is 0. The van der Waals surface area contributed by atoms with Gasteiger partial charge in [0, 0.05) is 18.9 Å². The van der Waals surface area contributed by atoms with Gasteiger partial charge in [-0.3, -0.25) is 4.98 Å². The standard InChI is InChI=1S/C20H24N4O2/c1-4-24-18-6-5-15(14-7-9-21-10-8-14)12-16(18)22-19(24)17(11-13(2)3)23-20(25)26/h5-10,12-13,17,23H,4,11H2,1-3H3,(H,25,26). The highest BCUT2D eigenvalue weighted by Gasteiger charge is 2.22. The molecule has 0 fully saturated rings. The number of hydrogen-bond acceptors (Lipinski definition) is 3. The minimum absolute atomic E-state index is 0.329. The van der Waals surface area contributed by atoms with Crippen LogP contribution in [0.5, 0.6) is 0 Å². The summed E-state index contributed by atoms with van der Waals surface area (Å²) in [4.78, 5) is 20.1. The summed E-state index contributed by atoms with van der Waals surface area (Å²) < 4.78 is 2.09. The maximum Gasteiger partial charge on any atom is 0.405 e. The second-order valence-electron chi connectivity index (χ2n) is 6.79. The molecule has 0 radical (unpaired) electrons. The minimum atomic E-state index is -1.03. The van der Waals surface area contributed by atoms with Crippen LogP contribution in [-0.2, 0) is 6.54 Å². The molecule has 0 aliphatic heterocycles. The average molecular weight is 352 g/mol. The van der Waals surface area contributed by atoms with Crippen molar-refractivity contribution in [3.05, 3.63) is 48.5 Å². The zero-order valence-corrected chi connectivity index (χ0v) is 15.3. The van der Waals surface area contributed by atoms with Crippen molar-refractivity contribution in [2.75, 3.05) is 0 Å². The molecule has 1 atom stereocenters. The van der Waals surface area contributed by atoms with E-state index in [2.05, 4.69) is 47.8 Å². The largest absolute Gasteiger partial charge is 0.465 e. The second-order valence-corrected chi connectivity index (χ2v) is 6.79. The number of aromatic nitrogens is 3. The Morgan fingerprint density at radius 3 is 2.54 bits per heavy atom. The van der Waals surface area contributed by atoms with Crippen LogP contribution < -0.4 is 5.32 Å². The number of pyridine rings is 1. The molecule has 0 saturated carbocycles. The Morgan fingerprint density at radius 2 is 1.92 bits per heavy atom. The molecule has 0 aliphatic carbocycles. The van der Waals surface area contributed by atoms with Gasteiger partial charge in [-0.15, -0.1) is 0 Å². The monoisotopic (exact) mass is 352 g/mol. The fourth-order valence-electron chi connectivity index (χ4n) is 3.32. The summed E-state index contributed by atoms with van der Waals surface area (Å²) in [6, 6.07) is 9.77. The number of carboxylic acid groups (broad SMARTS) is 1. The van der Waals surface area contributed by atoms with Gasteiger partial charge in [-0.05, 0) is 54.7 Å². The van der Waals surface area contributed by atoms with Crippen molar-refractivity contribution in [2.45, 2.75) is 39.8 Å². The first-order valence-corrected chi connectivity index (χ1v) is 8.89. The fraction of sp³-hybridized carbons (Fsp3) is 0.350. The third kappa shape index (κ3) is 3.69. The number of fused-ring (bicyclic) bond motifs is 1. The van der Waals surface area contributed by atoms with Crippen molar-refractivity contribution in [3.63, 3.8) is 0 Å². The molecule has 0 bridgehead atoms. The number of hydrogen-bond donors (Lipinski definition) is 2. The predicted octanol–water partition coefficient (Wildman–Crippen LogP) is 4.47. The molecule has 2 heterocycles. The van der Waals surface area contributed by atoms with Crippen molar-refractivity contribution in [2.24, 2.45) is 5.92 Å². The Labute approximate surface area is 152 Å². The van der Waals surface area contributed by atoms with Crippen molar-refractivity contribution < 1.29 is 9.90 Å². The lowest BCUT2D eigenvalue weighted by molar-refractivity contribution is 0.187. The van der Waals surface area contributed by atoms with Gasteiger partial charge < -0.3 is 15.0 Å². The van der Waals surface area contributed by atoms with Crippen molar-refractivity contribution in [3.8, 4) is 11.1 Å². The summed E-state index contributed by atoms with van der Waals surface area (Å²) in [5, 5.41) is 11.9. The molecule has 3 aromatic rings. The molecule has 3 rings (SSSR count). The van der Waals surface area contributed by atoms with Crippen LogP contribution in [0, 0.1) is 5.92 Å². The Bertz CT molecular complexity index is 903. The van der Waals surface area contributed by atoms with E-state index in [-0.39, 0.29) is 6.04 Å². The SMILES string of the molecule is CCn1c(C(CC(C)C)NC(=O)O)nc2cc(-c3ccncc3)ccc21. The molecule has 1 amide bonds. The van der Waals surface area contributed by atoms with Crippen molar-refractivity contribution >= 4 is 17.1 Å². The van der Waals surface area contributed by atoms with Gasteiger partial charge in [-0.25, -0.2) is 9.78 Å². The van der Waals surface area contributed by atoms with E-state index in [9.17, 15) is 9.90 Å². The maximum atomic E-state index is 11.3. The van der Waals surface area contributed by atoms with Crippen molar-refractivity contribution in [1.29, 1.82) is 0 Å². The second kappa shape index (κ2) is 7.56. The zero-order chi connectivity index (χ0) is 18.7.